The third-order valence-electron chi connectivity index (χ3n) is 4.99. The van der Waals surface area contributed by atoms with Gasteiger partial charge in [-0.3, -0.25) is 9.59 Å². The van der Waals surface area contributed by atoms with Gasteiger partial charge in [0, 0.05) is 37.9 Å². The average Bonchev–Trinajstić information content (AvgIpc) is 3.26. The fourth-order valence-electron chi connectivity index (χ4n) is 3.56. The molecule has 1 aliphatic carbocycles. The van der Waals surface area contributed by atoms with Crippen molar-refractivity contribution in [1.82, 2.24) is 20.4 Å². The monoisotopic (exact) mass is 334 g/mol. The van der Waals surface area contributed by atoms with Crippen molar-refractivity contribution in [3.8, 4) is 0 Å². The van der Waals surface area contributed by atoms with Crippen LogP contribution in [0.1, 0.15) is 63.6 Å². The molecule has 7 nitrogen and oxygen atoms in total. The Balaban J connectivity index is 1.43. The number of likely N-dealkylation sites (tertiary alicyclic amines) is 1. The Labute approximate surface area is 142 Å². The zero-order valence-corrected chi connectivity index (χ0v) is 14.5. The summed E-state index contributed by atoms with van der Waals surface area (Å²) in [4.78, 5) is 30.3. The van der Waals surface area contributed by atoms with E-state index < -0.39 is 0 Å². The Kier molecular flexibility index (Phi) is 5.16. The van der Waals surface area contributed by atoms with Gasteiger partial charge in [0.15, 0.2) is 5.82 Å². The summed E-state index contributed by atoms with van der Waals surface area (Å²) in [6, 6.07) is 0.142. The van der Waals surface area contributed by atoms with Crippen molar-refractivity contribution in [3.63, 3.8) is 0 Å². The third-order valence-corrected chi connectivity index (χ3v) is 4.99. The molecule has 1 aromatic heterocycles. The van der Waals surface area contributed by atoms with Gasteiger partial charge in [0.2, 0.25) is 17.7 Å². The van der Waals surface area contributed by atoms with Crippen molar-refractivity contribution < 1.29 is 14.1 Å². The van der Waals surface area contributed by atoms with Gasteiger partial charge < -0.3 is 14.7 Å². The SMILES string of the molecule is CC(C)N1C[C@H](C(=O)NCCc2noc(C3CCCC3)n2)CC1=O. The highest BCUT2D eigenvalue weighted by molar-refractivity contribution is 5.89. The van der Waals surface area contributed by atoms with Gasteiger partial charge in [-0.25, -0.2) is 0 Å². The fraction of sp³-hybridized carbons (Fsp3) is 0.765. The zero-order valence-electron chi connectivity index (χ0n) is 14.5. The lowest BCUT2D eigenvalue weighted by Crippen LogP contribution is -2.36. The Bertz CT molecular complexity index is 592. The van der Waals surface area contributed by atoms with Crippen LogP contribution in [0.5, 0.6) is 0 Å². The number of amides is 2. The molecule has 2 heterocycles. The molecule has 0 bridgehead atoms. The van der Waals surface area contributed by atoms with E-state index in [4.69, 9.17) is 4.52 Å². The van der Waals surface area contributed by atoms with Crippen LogP contribution in [-0.4, -0.2) is 46.0 Å². The molecule has 0 spiro atoms. The first-order valence-corrected chi connectivity index (χ1v) is 8.94. The number of nitrogens with one attached hydrogen (secondary N) is 1. The maximum Gasteiger partial charge on any atom is 0.229 e. The molecule has 24 heavy (non-hydrogen) atoms. The Hall–Kier alpha value is -1.92. The van der Waals surface area contributed by atoms with Crippen LogP contribution >= 0.6 is 0 Å². The van der Waals surface area contributed by atoms with E-state index in [-0.39, 0.29) is 23.8 Å². The summed E-state index contributed by atoms with van der Waals surface area (Å²) in [5, 5.41) is 6.90. The molecule has 0 radical (unpaired) electrons. The van der Waals surface area contributed by atoms with Gasteiger partial charge >= 0.3 is 0 Å². The summed E-state index contributed by atoms with van der Waals surface area (Å²) >= 11 is 0. The summed E-state index contributed by atoms with van der Waals surface area (Å²) in [5.74, 6) is 1.54. The second-order valence-electron chi connectivity index (χ2n) is 7.11. The van der Waals surface area contributed by atoms with Crippen LogP contribution in [0.3, 0.4) is 0 Å². The number of aromatic nitrogens is 2. The molecule has 132 valence electrons. The van der Waals surface area contributed by atoms with Gasteiger partial charge in [0.1, 0.15) is 0 Å². The third kappa shape index (κ3) is 3.76. The van der Waals surface area contributed by atoms with Gasteiger partial charge in [-0.15, -0.1) is 0 Å². The number of carbonyl (C=O) groups is 2. The maximum atomic E-state index is 12.2. The molecular formula is C17H26N4O3. The molecule has 7 heteroatoms. The molecule has 1 aromatic rings. The smallest absolute Gasteiger partial charge is 0.229 e. The van der Waals surface area contributed by atoms with Crippen LogP contribution in [0.15, 0.2) is 4.52 Å². The Morgan fingerprint density at radius 2 is 2.12 bits per heavy atom. The lowest BCUT2D eigenvalue weighted by molar-refractivity contribution is -0.129. The van der Waals surface area contributed by atoms with E-state index in [9.17, 15) is 9.59 Å². The zero-order chi connectivity index (χ0) is 17.1. The molecular weight excluding hydrogens is 308 g/mol. The number of nitrogens with zero attached hydrogens (tertiary/aromatic N) is 3. The summed E-state index contributed by atoms with van der Waals surface area (Å²) in [6.07, 6.45) is 5.56. The first-order chi connectivity index (χ1) is 11.5. The van der Waals surface area contributed by atoms with Crippen molar-refractivity contribution in [1.29, 1.82) is 0 Å². The standard InChI is InChI=1S/C17H26N4O3/c1-11(2)21-10-13(9-15(21)22)16(23)18-8-7-14-19-17(24-20-14)12-5-3-4-6-12/h11-13H,3-10H2,1-2H3,(H,18,23)/t13-/m1/s1. The minimum Gasteiger partial charge on any atom is -0.355 e. The van der Waals surface area contributed by atoms with Gasteiger partial charge in [0.25, 0.3) is 0 Å². The first-order valence-electron chi connectivity index (χ1n) is 8.94. The van der Waals surface area contributed by atoms with E-state index in [0.717, 1.165) is 18.7 Å². The number of hydrogen-bond donors (Lipinski definition) is 1. The highest BCUT2D eigenvalue weighted by atomic mass is 16.5. The van der Waals surface area contributed by atoms with E-state index in [1.165, 1.54) is 12.8 Å². The summed E-state index contributed by atoms with van der Waals surface area (Å²) in [7, 11) is 0. The predicted molar refractivity (Wildman–Crippen MR) is 87.2 cm³/mol. The Morgan fingerprint density at radius 1 is 1.38 bits per heavy atom. The van der Waals surface area contributed by atoms with Gasteiger partial charge in [-0.05, 0) is 26.7 Å². The molecule has 3 rings (SSSR count). The molecule has 1 aliphatic heterocycles. The van der Waals surface area contributed by atoms with E-state index in [2.05, 4.69) is 15.5 Å². The van der Waals surface area contributed by atoms with Gasteiger partial charge in [-0.2, -0.15) is 4.98 Å². The van der Waals surface area contributed by atoms with E-state index in [0.29, 0.717) is 37.7 Å². The van der Waals surface area contributed by atoms with Crippen LogP contribution in [-0.2, 0) is 16.0 Å². The highest BCUT2D eigenvalue weighted by Crippen LogP contribution is 2.32. The van der Waals surface area contributed by atoms with E-state index in [1.807, 2.05) is 13.8 Å². The van der Waals surface area contributed by atoms with Crippen LogP contribution in [0.4, 0.5) is 0 Å². The summed E-state index contributed by atoms with van der Waals surface area (Å²) < 4.78 is 5.34. The molecule has 1 saturated heterocycles. The summed E-state index contributed by atoms with van der Waals surface area (Å²) in [6.45, 7) is 4.91. The van der Waals surface area contributed by atoms with Crippen LogP contribution in [0.25, 0.3) is 0 Å². The topological polar surface area (TPSA) is 88.3 Å². The molecule has 2 aliphatic rings. The molecule has 0 aromatic carbocycles. The molecule has 2 amide bonds. The highest BCUT2D eigenvalue weighted by Gasteiger charge is 2.35. The summed E-state index contributed by atoms with van der Waals surface area (Å²) in [5.41, 5.74) is 0. The second-order valence-corrected chi connectivity index (χ2v) is 7.11. The number of rotatable bonds is 6. The molecule has 0 unspecified atom stereocenters. The lowest BCUT2D eigenvalue weighted by atomic mass is 10.1. The molecule has 2 fully saturated rings. The minimum absolute atomic E-state index is 0.0597. The molecule has 1 saturated carbocycles. The fourth-order valence-corrected chi connectivity index (χ4v) is 3.56. The van der Waals surface area contributed by atoms with Crippen molar-refractivity contribution in [2.45, 2.75) is 64.3 Å². The normalized spacial score (nSPS) is 21.9. The maximum absolute atomic E-state index is 12.2. The van der Waals surface area contributed by atoms with Crippen LogP contribution in [0, 0.1) is 5.92 Å². The van der Waals surface area contributed by atoms with Gasteiger partial charge in [-0.1, -0.05) is 18.0 Å². The van der Waals surface area contributed by atoms with Crippen LogP contribution in [0.2, 0.25) is 0 Å². The van der Waals surface area contributed by atoms with Crippen molar-refractivity contribution in [2.75, 3.05) is 13.1 Å². The van der Waals surface area contributed by atoms with Crippen molar-refractivity contribution in [2.24, 2.45) is 5.92 Å². The number of carbonyl (C=O) groups excluding carboxylic acids is 2. The predicted octanol–water partition coefficient (Wildman–Crippen LogP) is 1.64. The van der Waals surface area contributed by atoms with E-state index >= 15 is 0 Å². The van der Waals surface area contributed by atoms with E-state index in [1.54, 1.807) is 4.90 Å². The lowest BCUT2D eigenvalue weighted by Gasteiger charge is -2.20. The van der Waals surface area contributed by atoms with Crippen molar-refractivity contribution >= 4 is 11.8 Å². The van der Waals surface area contributed by atoms with Crippen molar-refractivity contribution in [3.05, 3.63) is 11.7 Å². The number of hydrogen-bond acceptors (Lipinski definition) is 5. The van der Waals surface area contributed by atoms with Crippen LogP contribution < -0.4 is 5.32 Å². The first kappa shape index (κ1) is 16.9. The molecule has 1 N–H and O–H groups in total. The largest absolute Gasteiger partial charge is 0.355 e. The minimum atomic E-state index is -0.251. The quantitative estimate of drug-likeness (QED) is 0.854. The van der Waals surface area contributed by atoms with Gasteiger partial charge in [0.05, 0.1) is 5.92 Å². The molecule has 1 atom stereocenters. The second kappa shape index (κ2) is 7.32. The Morgan fingerprint density at radius 3 is 2.79 bits per heavy atom. The average molecular weight is 334 g/mol.